The Morgan fingerprint density at radius 1 is 1.44 bits per heavy atom. The van der Waals surface area contributed by atoms with Crippen molar-refractivity contribution in [2.45, 2.75) is 19.8 Å². The number of methoxy groups -OCH3 is 1. The van der Waals surface area contributed by atoms with Gasteiger partial charge in [-0.1, -0.05) is 25.8 Å². The molecule has 0 radical (unpaired) electrons. The van der Waals surface area contributed by atoms with Gasteiger partial charge in [-0.2, -0.15) is 0 Å². The van der Waals surface area contributed by atoms with Gasteiger partial charge in [-0.25, -0.2) is 4.79 Å². The molecule has 0 fully saturated rings. The number of carbonyl (C=O) groups excluding carboxylic acids is 1. The number of nitrogens with two attached hydrogens (primary N) is 1. The molecule has 1 aromatic carbocycles. The predicted octanol–water partition coefficient (Wildman–Crippen LogP) is 1.92. The minimum absolute atomic E-state index is 0.402. The van der Waals surface area contributed by atoms with Gasteiger partial charge in [0.05, 0.1) is 7.11 Å². The van der Waals surface area contributed by atoms with E-state index in [4.69, 9.17) is 5.73 Å². The first kappa shape index (κ1) is 12.1. The summed E-state index contributed by atoms with van der Waals surface area (Å²) in [6.07, 6.45) is 0. The van der Waals surface area contributed by atoms with Crippen molar-refractivity contribution in [3.63, 3.8) is 0 Å². The maximum Gasteiger partial charge on any atom is 0.384 e. The van der Waals surface area contributed by atoms with Crippen molar-refractivity contribution in [3.05, 3.63) is 29.3 Å². The molecule has 0 aromatic heterocycles. The predicted molar refractivity (Wildman–Crippen MR) is 63.8 cm³/mol. The second kappa shape index (κ2) is 5.22. The van der Waals surface area contributed by atoms with Crippen molar-refractivity contribution in [2.24, 2.45) is 0 Å². The fourth-order valence-electron chi connectivity index (χ4n) is 1.21. The molecule has 2 N–H and O–H groups in total. The van der Waals surface area contributed by atoms with E-state index >= 15 is 0 Å². The molecule has 0 aliphatic heterocycles. The molecule has 0 unspecified atom stereocenters. The third-order valence-electron chi connectivity index (χ3n) is 2.23. The van der Waals surface area contributed by atoms with Crippen LogP contribution in [0, 0.1) is 11.8 Å². The largest absolute Gasteiger partial charge is 0.459 e. The van der Waals surface area contributed by atoms with Gasteiger partial charge in [-0.05, 0) is 23.6 Å². The van der Waals surface area contributed by atoms with Gasteiger partial charge < -0.3 is 10.5 Å². The summed E-state index contributed by atoms with van der Waals surface area (Å²) in [5.74, 6) is 4.92. The highest BCUT2D eigenvalue weighted by Gasteiger charge is 2.02. The zero-order valence-corrected chi connectivity index (χ0v) is 9.70. The molecule has 0 heterocycles. The minimum atomic E-state index is -0.561. The van der Waals surface area contributed by atoms with E-state index in [-0.39, 0.29) is 0 Å². The molecule has 3 nitrogen and oxygen atoms in total. The van der Waals surface area contributed by atoms with Gasteiger partial charge in [-0.3, -0.25) is 0 Å². The Balaban J connectivity index is 3.06. The zero-order chi connectivity index (χ0) is 12.1. The fraction of sp³-hybridized carbons (Fsp3) is 0.308. The van der Waals surface area contributed by atoms with E-state index in [9.17, 15) is 4.79 Å². The summed E-state index contributed by atoms with van der Waals surface area (Å²) in [7, 11) is 1.30. The molecule has 0 saturated heterocycles. The van der Waals surface area contributed by atoms with Gasteiger partial charge in [0.25, 0.3) is 0 Å². The van der Waals surface area contributed by atoms with E-state index in [0.717, 1.165) is 5.56 Å². The first-order chi connectivity index (χ1) is 7.54. The normalized spacial score (nSPS) is 9.50. The lowest BCUT2D eigenvalue weighted by molar-refractivity contribution is -0.133. The molecule has 16 heavy (non-hydrogen) atoms. The number of esters is 1. The summed E-state index contributed by atoms with van der Waals surface area (Å²) in [6, 6.07) is 5.66. The number of carbonyl (C=O) groups is 1. The van der Waals surface area contributed by atoms with Crippen molar-refractivity contribution in [1.82, 2.24) is 0 Å². The van der Waals surface area contributed by atoms with Crippen LogP contribution >= 0.6 is 0 Å². The maximum absolute atomic E-state index is 10.9. The van der Waals surface area contributed by atoms with E-state index in [1.165, 1.54) is 7.11 Å². The minimum Gasteiger partial charge on any atom is -0.459 e. The summed E-state index contributed by atoms with van der Waals surface area (Å²) in [5.41, 5.74) is 8.14. The summed E-state index contributed by atoms with van der Waals surface area (Å²) in [4.78, 5) is 10.9. The molecular weight excluding hydrogens is 202 g/mol. The van der Waals surface area contributed by atoms with Gasteiger partial charge in [-0.15, -0.1) is 0 Å². The first-order valence-electron chi connectivity index (χ1n) is 5.04. The highest BCUT2D eigenvalue weighted by molar-refractivity contribution is 5.89. The van der Waals surface area contributed by atoms with Gasteiger partial charge in [0.2, 0.25) is 0 Å². The van der Waals surface area contributed by atoms with E-state index in [0.29, 0.717) is 17.2 Å². The Labute approximate surface area is 95.6 Å². The Hall–Kier alpha value is -1.95. The van der Waals surface area contributed by atoms with Crippen LogP contribution in [0.25, 0.3) is 0 Å². The Bertz CT molecular complexity index is 453. The SMILES string of the molecule is COC(=O)C#Cc1cc(C(C)C)ccc1N. The van der Waals surface area contributed by atoms with Crippen molar-refractivity contribution in [1.29, 1.82) is 0 Å². The van der Waals surface area contributed by atoms with Crippen LogP contribution in [0.4, 0.5) is 5.69 Å². The van der Waals surface area contributed by atoms with E-state index in [2.05, 4.69) is 30.4 Å². The lowest BCUT2D eigenvalue weighted by atomic mass is 10.00. The van der Waals surface area contributed by atoms with Crippen LogP contribution < -0.4 is 5.73 Å². The van der Waals surface area contributed by atoms with E-state index in [1.54, 1.807) is 6.07 Å². The molecule has 0 spiro atoms. The average Bonchev–Trinajstić information content (AvgIpc) is 2.27. The maximum atomic E-state index is 10.9. The summed E-state index contributed by atoms with van der Waals surface area (Å²) < 4.78 is 4.44. The molecule has 0 aliphatic carbocycles. The Morgan fingerprint density at radius 2 is 2.12 bits per heavy atom. The van der Waals surface area contributed by atoms with Gasteiger partial charge in [0.1, 0.15) is 0 Å². The Kier molecular flexibility index (Phi) is 3.96. The van der Waals surface area contributed by atoms with Gasteiger partial charge in [0, 0.05) is 17.2 Å². The molecule has 1 aromatic rings. The van der Waals surface area contributed by atoms with Gasteiger partial charge in [0.15, 0.2) is 0 Å². The molecular formula is C13H15NO2. The Morgan fingerprint density at radius 3 is 2.69 bits per heavy atom. The van der Waals surface area contributed by atoms with Crippen molar-refractivity contribution >= 4 is 11.7 Å². The van der Waals surface area contributed by atoms with E-state index < -0.39 is 5.97 Å². The number of nitrogen functional groups attached to an aromatic ring is 1. The molecule has 0 amide bonds. The average molecular weight is 217 g/mol. The lowest BCUT2D eigenvalue weighted by Crippen LogP contribution is -1.97. The molecule has 1 rings (SSSR count). The molecule has 84 valence electrons. The molecule has 0 saturated carbocycles. The number of rotatable bonds is 1. The number of ether oxygens (including phenoxy) is 1. The fourth-order valence-corrected chi connectivity index (χ4v) is 1.21. The molecule has 0 aliphatic rings. The van der Waals surface area contributed by atoms with Crippen molar-refractivity contribution < 1.29 is 9.53 Å². The lowest BCUT2D eigenvalue weighted by Gasteiger charge is -2.06. The van der Waals surface area contributed by atoms with E-state index in [1.807, 2.05) is 12.1 Å². The monoisotopic (exact) mass is 217 g/mol. The molecule has 0 atom stereocenters. The van der Waals surface area contributed by atoms with Crippen LogP contribution in [0.3, 0.4) is 0 Å². The van der Waals surface area contributed by atoms with Crippen LogP contribution in [0.2, 0.25) is 0 Å². The van der Waals surface area contributed by atoms with Crippen LogP contribution in [-0.4, -0.2) is 13.1 Å². The summed E-state index contributed by atoms with van der Waals surface area (Å²) in [5, 5.41) is 0. The zero-order valence-electron chi connectivity index (χ0n) is 9.70. The van der Waals surface area contributed by atoms with Gasteiger partial charge >= 0.3 is 5.97 Å². The van der Waals surface area contributed by atoms with Crippen LogP contribution in [0.1, 0.15) is 30.9 Å². The van der Waals surface area contributed by atoms with Crippen LogP contribution in [-0.2, 0) is 9.53 Å². The first-order valence-corrected chi connectivity index (χ1v) is 5.04. The molecule has 0 bridgehead atoms. The second-order valence-electron chi connectivity index (χ2n) is 3.74. The second-order valence-corrected chi connectivity index (χ2v) is 3.74. The van der Waals surface area contributed by atoms with Crippen LogP contribution in [0.5, 0.6) is 0 Å². The highest BCUT2D eigenvalue weighted by atomic mass is 16.5. The number of anilines is 1. The van der Waals surface area contributed by atoms with Crippen LogP contribution in [0.15, 0.2) is 18.2 Å². The smallest absolute Gasteiger partial charge is 0.384 e. The molecule has 3 heteroatoms. The number of hydrogen-bond donors (Lipinski definition) is 1. The third-order valence-corrected chi connectivity index (χ3v) is 2.23. The topological polar surface area (TPSA) is 52.3 Å². The number of benzene rings is 1. The third kappa shape index (κ3) is 3.03. The standard InChI is InChI=1S/C13H15NO2/c1-9(2)10-4-6-12(14)11(8-10)5-7-13(15)16-3/h4,6,8-9H,14H2,1-3H3. The van der Waals surface area contributed by atoms with Crippen molar-refractivity contribution in [2.75, 3.05) is 12.8 Å². The quantitative estimate of drug-likeness (QED) is 0.444. The summed E-state index contributed by atoms with van der Waals surface area (Å²) >= 11 is 0. The summed E-state index contributed by atoms with van der Waals surface area (Å²) in [6.45, 7) is 4.17. The van der Waals surface area contributed by atoms with Crippen molar-refractivity contribution in [3.8, 4) is 11.8 Å². The number of hydrogen-bond acceptors (Lipinski definition) is 3. The highest BCUT2D eigenvalue weighted by Crippen LogP contribution is 2.19.